The summed E-state index contributed by atoms with van der Waals surface area (Å²) >= 11 is 4.36. The number of rotatable bonds is 4. The van der Waals surface area contributed by atoms with E-state index < -0.39 is 5.97 Å². The Labute approximate surface area is 152 Å². The van der Waals surface area contributed by atoms with Crippen molar-refractivity contribution in [3.63, 3.8) is 0 Å². The average molecular weight is 407 g/mol. The highest BCUT2D eigenvalue weighted by Crippen LogP contribution is 2.34. The van der Waals surface area contributed by atoms with Crippen LogP contribution >= 0.6 is 27.3 Å². The molecule has 0 atom stereocenters. The van der Waals surface area contributed by atoms with Crippen LogP contribution in [-0.2, 0) is 4.74 Å². The predicted molar refractivity (Wildman–Crippen MR) is 96.4 cm³/mol. The van der Waals surface area contributed by atoms with E-state index in [-0.39, 0.29) is 17.6 Å². The number of nitriles is 1. The van der Waals surface area contributed by atoms with E-state index in [0.717, 1.165) is 11.3 Å². The Morgan fingerprint density at radius 1 is 1.33 bits per heavy atom. The van der Waals surface area contributed by atoms with Gasteiger partial charge in [0.1, 0.15) is 15.9 Å². The summed E-state index contributed by atoms with van der Waals surface area (Å²) in [5.41, 5.74) is 1.23. The lowest BCUT2D eigenvalue weighted by Gasteiger charge is -2.06. The third kappa shape index (κ3) is 3.83. The maximum Gasteiger partial charge on any atom is 0.348 e. The van der Waals surface area contributed by atoms with Gasteiger partial charge in [0.15, 0.2) is 0 Å². The number of nitrogens with one attached hydrogen (secondary N) is 1. The summed E-state index contributed by atoms with van der Waals surface area (Å²) < 4.78 is 5.83. The number of halogens is 1. The zero-order valence-electron chi connectivity index (χ0n) is 13.3. The summed E-state index contributed by atoms with van der Waals surface area (Å²) in [6.07, 6.45) is -0.261. The number of nitrogens with zero attached hydrogens (tertiary/aromatic N) is 1. The van der Waals surface area contributed by atoms with Crippen molar-refractivity contribution < 1.29 is 14.3 Å². The van der Waals surface area contributed by atoms with E-state index in [2.05, 4.69) is 21.2 Å². The van der Waals surface area contributed by atoms with Crippen molar-refractivity contribution >= 4 is 44.1 Å². The average Bonchev–Trinajstić information content (AvgIpc) is 2.82. The topological polar surface area (TPSA) is 79.2 Å². The highest BCUT2D eigenvalue weighted by Gasteiger charge is 2.23. The van der Waals surface area contributed by atoms with Gasteiger partial charge in [-0.15, -0.1) is 11.3 Å². The van der Waals surface area contributed by atoms with E-state index >= 15 is 0 Å². The molecule has 0 fully saturated rings. The number of ether oxygens (including phenoxy) is 1. The van der Waals surface area contributed by atoms with Gasteiger partial charge in [-0.05, 0) is 54.4 Å². The summed E-state index contributed by atoms with van der Waals surface area (Å²) in [4.78, 5) is 24.9. The van der Waals surface area contributed by atoms with E-state index in [0.29, 0.717) is 25.5 Å². The van der Waals surface area contributed by atoms with Gasteiger partial charge in [-0.2, -0.15) is 5.26 Å². The number of carbonyl (C=O) groups excluding carboxylic acids is 2. The molecule has 0 saturated carbocycles. The zero-order valence-corrected chi connectivity index (χ0v) is 15.7. The minimum atomic E-state index is -0.495. The summed E-state index contributed by atoms with van der Waals surface area (Å²) in [7, 11) is 0. The fourth-order valence-electron chi connectivity index (χ4n) is 2.01. The number of amides is 1. The van der Waals surface area contributed by atoms with E-state index in [1.54, 1.807) is 45.0 Å². The molecule has 1 amide bonds. The lowest BCUT2D eigenvalue weighted by atomic mass is 10.1. The van der Waals surface area contributed by atoms with Crippen LogP contribution in [0.5, 0.6) is 0 Å². The molecule has 7 heteroatoms. The Bertz CT molecular complexity index is 837. The predicted octanol–water partition coefficient (Wildman–Crippen LogP) is 4.51. The standard InChI is InChI=1S/C17H15BrN2O3S/c1-9(2)23-17(22)14-10(3)12(8-19)16(24-14)20-15(21)11-6-4-5-7-13(11)18/h4-7,9H,1-3H3,(H,20,21). The van der Waals surface area contributed by atoms with Gasteiger partial charge in [0, 0.05) is 4.47 Å². The fourth-order valence-corrected chi connectivity index (χ4v) is 3.51. The molecule has 0 bridgehead atoms. The molecule has 1 heterocycles. The van der Waals surface area contributed by atoms with Gasteiger partial charge in [-0.3, -0.25) is 4.79 Å². The van der Waals surface area contributed by atoms with Crippen molar-refractivity contribution in [2.75, 3.05) is 5.32 Å². The lowest BCUT2D eigenvalue weighted by molar-refractivity contribution is 0.0383. The van der Waals surface area contributed by atoms with Gasteiger partial charge in [0.05, 0.1) is 17.2 Å². The van der Waals surface area contributed by atoms with Crippen LogP contribution in [0.1, 0.15) is 45.0 Å². The van der Waals surface area contributed by atoms with Crippen molar-refractivity contribution in [2.24, 2.45) is 0 Å². The van der Waals surface area contributed by atoms with Crippen LogP contribution in [0.4, 0.5) is 5.00 Å². The van der Waals surface area contributed by atoms with E-state index in [9.17, 15) is 14.9 Å². The maximum atomic E-state index is 12.4. The second kappa shape index (κ2) is 7.60. The molecule has 2 rings (SSSR count). The molecule has 0 radical (unpaired) electrons. The third-order valence-corrected chi connectivity index (χ3v) is 5.01. The smallest absolute Gasteiger partial charge is 0.348 e. The van der Waals surface area contributed by atoms with Crippen LogP contribution in [0.15, 0.2) is 28.7 Å². The van der Waals surface area contributed by atoms with Crippen LogP contribution < -0.4 is 5.32 Å². The van der Waals surface area contributed by atoms with Crippen LogP contribution in [0.3, 0.4) is 0 Å². The largest absolute Gasteiger partial charge is 0.459 e. The van der Waals surface area contributed by atoms with Crippen molar-refractivity contribution in [2.45, 2.75) is 26.9 Å². The summed E-state index contributed by atoms with van der Waals surface area (Å²) in [5, 5.41) is 12.4. The fraction of sp³-hybridized carbons (Fsp3) is 0.235. The number of carbonyl (C=O) groups is 2. The van der Waals surface area contributed by atoms with E-state index in [4.69, 9.17) is 4.74 Å². The Morgan fingerprint density at radius 2 is 2.00 bits per heavy atom. The van der Waals surface area contributed by atoms with Crippen molar-refractivity contribution in [3.05, 3.63) is 50.3 Å². The van der Waals surface area contributed by atoms with Crippen molar-refractivity contribution in [1.29, 1.82) is 5.26 Å². The summed E-state index contributed by atoms with van der Waals surface area (Å²) in [5.74, 6) is -0.852. The minimum Gasteiger partial charge on any atom is -0.459 e. The Kier molecular flexibility index (Phi) is 5.75. The molecule has 0 saturated heterocycles. The first-order valence-electron chi connectivity index (χ1n) is 7.15. The molecule has 1 aromatic heterocycles. The highest BCUT2D eigenvalue weighted by molar-refractivity contribution is 9.10. The molecule has 0 aliphatic rings. The first kappa shape index (κ1) is 18.2. The highest BCUT2D eigenvalue weighted by atomic mass is 79.9. The van der Waals surface area contributed by atoms with Gasteiger partial charge in [-0.25, -0.2) is 4.79 Å². The second-order valence-corrected chi connectivity index (χ2v) is 7.14. The molecular formula is C17H15BrN2O3S. The van der Waals surface area contributed by atoms with Gasteiger partial charge in [0.2, 0.25) is 0 Å². The maximum absolute atomic E-state index is 12.4. The molecule has 124 valence electrons. The molecule has 2 aromatic rings. The molecule has 1 aromatic carbocycles. The quantitative estimate of drug-likeness (QED) is 0.757. The molecule has 24 heavy (non-hydrogen) atoms. The third-order valence-electron chi connectivity index (χ3n) is 3.13. The first-order valence-corrected chi connectivity index (χ1v) is 8.76. The molecule has 1 N–H and O–H groups in total. The Morgan fingerprint density at radius 3 is 2.58 bits per heavy atom. The Balaban J connectivity index is 2.34. The first-order chi connectivity index (χ1) is 11.3. The zero-order chi connectivity index (χ0) is 17.9. The van der Waals surface area contributed by atoms with E-state index in [1.165, 1.54) is 0 Å². The number of hydrogen-bond acceptors (Lipinski definition) is 5. The van der Waals surface area contributed by atoms with Crippen molar-refractivity contribution in [1.82, 2.24) is 0 Å². The van der Waals surface area contributed by atoms with Gasteiger partial charge in [0.25, 0.3) is 5.91 Å². The Hall–Kier alpha value is -2.17. The van der Waals surface area contributed by atoms with Crippen LogP contribution in [0.2, 0.25) is 0 Å². The number of thiophene rings is 1. The monoisotopic (exact) mass is 406 g/mol. The molecule has 0 aliphatic heterocycles. The number of benzene rings is 1. The summed E-state index contributed by atoms with van der Waals surface area (Å²) in [6, 6.07) is 9.01. The van der Waals surface area contributed by atoms with E-state index in [1.807, 2.05) is 6.07 Å². The van der Waals surface area contributed by atoms with Crippen LogP contribution in [0.25, 0.3) is 0 Å². The number of esters is 1. The van der Waals surface area contributed by atoms with Gasteiger partial charge in [-0.1, -0.05) is 12.1 Å². The lowest BCUT2D eigenvalue weighted by Crippen LogP contribution is -2.12. The number of anilines is 1. The number of hydrogen-bond donors (Lipinski definition) is 1. The summed E-state index contributed by atoms with van der Waals surface area (Å²) in [6.45, 7) is 5.17. The SMILES string of the molecule is Cc1c(C(=O)OC(C)C)sc(NC(=O)c2ccccc2Br)c1C#N. The molecule has 0 unspecified atom stereocenters. The van der Waals surface area contributed by atoms with Gasteiger partial charge >= 0.3 is 5.97 Å². The second-order valence-electron chi connectivity index (χ2n) is 5.26. The van der Waals surface area contributed by atoms with Crippen LogP contribution in [0, 0.1) is 18.3 Å². The van der Waals surface area contributed by atoms with Crippen molar-refractivity contribution in [3.8, 4) is 6.07 Å². The molecule has 0 spiro atoms. The normalized spacial score (nSPS) is 10.3. The minimum absolute atomic E-state index is 0.261. The van der Waals surface area contributed by atoms with Crippen LogP contribution in [-0.4, -0.2) is 18.0 Å². The molecule has 5 nitrogen and oxygen atoms in total. The molecular weight excluding hydrogens is 392 g/mol. The van der Waals surface area contributed by atoms with Gasteiger partial charge < -0.3 is 10.1 Å². The molecule has 0 aliphatic carbocycles.